The van der Waals surface area contributed by atoms with Gasteiger partial charge in [0.15, 0.2) is 5.96 Å². The van der Waals surface area contributed by atoms with E-state index in [2.05, 4.69) is 121 Å². The van der Waals surface area contributed by atoms with Crippen LogP contribution in [0, 0.1) is 23.2 Å². The Bertz CT molecular complexity index is 1040. The molecule has 0 amide bonds. The van der Waals surface area contributed by atoms with E-state index >= 15 is 0 Å². The highest BCUT2D eigenvalue weighted by Crippen LogP contribution is 2.40. The van der Waals surface area contributed by atoms with Crippen LogP contribution in [-0.4, -0.2) is 69.2 Å². The minimum atomic E-state index is 0.0189. The predicted molar refractivity (Wildman–Crippen MR) is 208 cm³/mol. The quantitative estimate of drug-likeness (QED) is 0.0714. The summed E-state index contributed by atoms with van der Waals surface area (Å²) in [6, 6.07) is 0.481. The van der Waals surface area contributed by atoms with Gasteiger partial charge in [0, 0.05) is 52.4 Å². The van der Waals surface area contributed by atoms with Gasteiger partial charge < -0.3 is 31.9 Å². The molecule has 3 fully saturated rings. The monoisotopic (exact) mass is 673 g/mol. The predicted octanol–water partition coefficient (Wildman–Crippen LogP) is 7.92. The fourth-order valence-electron chi connectivity index (χ4n) is 10.9. The van der Waals surface area contributed by atoms with Crippen molar-refractivity contribution in [2.45, 2.75) is 219 Å². The maximum Gasteiger partial charge on any atom is 0.218 e. The van der Waals surface area contributed by atoms with Crippen molar-refractivity contribution in [2.75, 3.05) is 7.05 Å². The summed E-state index contributed by atoms with van der Waals surface area (Å²) in [5, 5.41) is 24.1. The van der Waals surface area contributed by atoms with Crippen molar-refractivity contribution in [3.63, 3.8) is 0 Å². The molecule has 7 N–H and O–H groups in total. The summed E-state index contributed by atoms with van der Waals surface area (Å²) in [6.07, 6.45) is 15.5. The molecule has 8 heteroatoms. The van der Waals surface area contributed by atoms with Crippen molar-refractivity contribution in [3.8, 4) is 0 Å². The first-order chi connectivity index (χ1) is 21.8. The van der Waals surface area contributed by atoms with Crippen LogP contribution in [0.3, 0.4) is 0 Å². The van der Waals surface area contributed by atoms with Crippen LogP contribution >= 0.6 is 0 Å². The van der Waals surface area contributed by atoms with Crippen molar-refractivity contribution < 1.29 is 0 Å². The fourth-order valence-corrected chi connectivity index (χ4v) is 10.9. The topological polar surface area (TPSA) is 114 Å². The van der Waals surface area contributed by atoms with Crippen LogP contribution in [0.1, 0.15) is 173 Å². The van der Waals surface area contributed by atoms with E-state index < -0.39 is 0 Å². The third kappa shape index (κ3) is 12.7. The smallest absolute Gasteiger partial charge is 0.218 e. The van der Waals surface area contributed by atoms with Gasteiger partial charge >= 0.3 is 0 Å². The van der Waals surface area contributed by atoms with Crippen LogP contribution in [0.4, 0.5) is 0 Å². The summed E-state index contributed by atoms with van der Waals surface area (Å²) in [6.45, 7) is 30.3. The highest BCUT2D eigenvalue weighted by molar-refractivity contribution is 5.92. The van der Waals surface area contributed by atoms with Gasteiger partial charge in [-0.25, -0.2) is 0 Å². The molecule has 2 atom stereocenters. The van der Waals surface area contributed by atoms with Gasteiger partial charge in [-0.15, -0.1) is 0 Å². The molecule has 3 aliphatic heterocycles. The highest BCUT2D eigenvalue weighted by Gasteiger charge is 2.42. The van der Waals surface area contributed by atoms with Crippen molar-refractivity contribution in [2.24, 2.45) is 28.5 Å². The van der Waals surface area contributed by atoms with E-state index in [-0.39, 0.29) is 51.3 Å². The van der Waals surface area contributed by atoms with E-state index in [0.717, 1.165) is 43.9 Å². The second kappa shape index (κ2) is 15.5. The van der Waals surface area contributed by atoms with Crippen LogP contribution < -0.4 is 27.0 Å². The molecule has 2 unspecified atom stereocenters. The lowest BCUT2D eigenvalue weighted by atomic mass is 9.69. The van der Waals surface area contributed by atoms with Gasteiger partial charge in [0.2, 0.25) is 5.96 Å². The van der Waals surface area contributed by atoms with Gasteiger partial charge in [-0.2, -0.15) is 4.99 Å². The van der Waals surface area contributed by atoms with Gasteiger partial charge in [0.25, 0.3) is 0 Å². The first kappa shape index (κ1) is 41.0. The molecule has 280 valence electrons. The number of hydrogen-bond acceptors (Lipinski definition) is 4. The van der Waals surface area contributed by atoms with E-state index in [0.29, 0.717) is 11.9 Å². The molecule has 0 aliphatic carbocycles. The number of aliphatic imine (C=N–C) groups is 1. The summed E-state index contributed by atoms with van der Waals surface area (Å²) in [5.74, 6) is 2.73. The minimum Gasteiger partial charge on any atom is -0.369 e. The summed E-state index contributed by atoms with van der Waals surface area (Å²) < 4.78 is 0. The number of rotatable bonds is 12. The van der Waals surface area contributed by atoms with E-state index in [4.69, 9.17) is 11.1 Å². The largest absolute Gasteiger partial charge is 0.369 e. The van der Waals surface area contributed by atoms with Gasteiger partial charge in [-0.3, -0.25) is 5.41 Å². The lowest BCUT2D eigenvalue weighted by Crippen LogP contribution is -2.63. The summed E-state index contributed by atoms with van der Waals surface area (Å²) in [4.78, 5) is 6.76. The Morgan fingerprint density at radius 2 is 1.08 bits per heavy atom. The summed E-state index contributed by atoms with van der Waals surface area (Å²) in [7, 11) is 2.04. The SMILES string of the molecule is CCC(CCCCCCC(NC(=N)/N=C(\N)N(C)C1CC(C)(C)NC(C)(C)C1)C1CC(C)(C)NC(C)(C)C1)C1CC(C)(C)NC(C)(C)C1. The lowest BCUT2D eigenvalue weighted by Gasteiger charge is -2.49. The molecule has 0 aromatic heterocycles. The number of nitrogens with zero attached hydrogens (tertiary/aromatic N) is 2. The Morgan fingerprint density at radius 1 is 0.688 bits per heavy atom. The maximum atomic E-state index is 8.96. The molecule has 0 radical (unpaired) electrons. The average Bonchev–Trinajstić information content (AvgIpc) is 2.86. The van der Waals surface area contributed by atoms with E-state index in [1.807, 2.05) is 7.05 Å². The van der Waals surface area contributed by atoms with E-state index in [1.165, 1.54) is 51.4 Å². The zero-order valence-electron chi connectivity index (χ0n) is 34.1. The highest BCUT2D eigenvalue weighted by atomic mass is 15.3. The molecule has 8 nitrogen and oxygen atoms in total. The number of nitrogens with one attached hydrogen (secondary N) is 5. The maximum absolute atomic E-state index is 8.96. The zero-order chi connectivity index (χ0) is 36.3. The van der Waals surface area contributed by atoms with Crippen LogP contribution in [-0.2, 0) is 0 Å². The number of guanidine groups is 2. The average molecular weight is 673 g/mol. The van der Waals surface area contributed by atoms with Crippen molar-refractivity contribution in [1.82, 2.24) is 26.2 Å². The molecule has 0 bridgehead atoms. The Hall–Kier alpha value is -1.38. The Morgan fingerprint density at radius 3 is 1.52 bits per heavy atom. The van der Waals surface area contributed by atoms with Gasteiger partial charge in [0.05, 0.1) is 0 Å². The number of piperidine rings is 3. The Kier molecular flexibility index (Phi) is 13.2. The molecule has 3 aliphatic rings. The normalized spacial score (nSPS) is 26.8. The van der Waals surface area contributed by atoms with Crippen molar-refractivity contribution in [3.05, 3.63) is 0 Å². The first-order valence-corrected chi connectivity index (χ1v) is 19.6. The minimum absolute atomic E-state index is 0.0189. The number of hydrogen-bond donors (Lipinski definition) is 6. The molecule has 3 rings (SSSR count). The zero-order valence-corrected chi connectivity index (χ0v) is 34.1. The van der Waals surface area contributed by atoms with Crippen LogP contribution in [0.5, 0.6) is 0 Å². The molecule has 3 heterocycles. The van der Waals surface area contributed by atoms with Crippen LogP contribution in [0.25, 0.3) is 0 Å². The second-order valence-corrected chi connectivity index (χ2v) is 20.4. The van der Waals surface area contributed by atoms with Gasteiger partial charge in [0.1, 0.15) is 0 Å². The van der Waals surface area contributed by atoms with Gasteiger partial charge in [-0.1, -0.05) is 45.4 Å². The summed E-state index contributed by atoms with van der Waals surface area (Å²) >= 11 is 0. The molecule has 0 aromatic rings. The van der Waals surface area contributed by atoms with Gasteiger partial charge in [-0.05, 0) is 146 Å². The molecule has 3 saturated heterocycles. The van der Waals surface area contributed by atoms with Crippen LogP contribution in [0.15, 0.2) is 4.99 Å². The van der Waals surface area contributed by atoms with Crippen molar-refractivity contribution in [1.29, 1.82) is 5.41 Å². The standard InChI is InChI=1S/C40H80N8/c1-15-28(29-22-35(2,3)45-36(4,5)23-29)20-18-16-17-19-21-32(30-24-37(6,7)46-38(8,9)25-30)43-33(41)44-34(42)48(14)31-26-39(10,11)47-40(12,13)27-31/h28-32,45-47H,15-27H2,1-14H3,(H4,41,42,43,44). The first-order valence-electron chi connectivity index (χ1n) is 19.6. The van der Waals surface area contributed by atoms with Crippen molar-refractivity contribution >= 4 is 11.9 Å². The number of nitrogens with two attached hydrogens (primary N) is 1. The lowest BCUT2D eigenvalue weighted by molar-refractivity contribution is 0.0864. The van der Waals surface area contributed by atoms with Crippen LogP contribution in [0.2, 0.25) is 0 Å². The molecule has 0 aromatic carbocycles. The molecule has 48 heavy (non-hydrogen) atoms. The molecule has 0 saturated carbocycles. The fraction of sp³-hybridized carbons (Fsp3) is 0.950. The molecular formula is C40H80N8. The third-order valence-electron chi connectivity index (χ3n) is 11.7. The van der Waals surface area contributed by atoms with E-state index in [9.17, 15) is 0 Å². The number of unbranched alkanes of at least 4 members (excludes halogenated alkanes) is 3. The van der Waals surface area contributed by atoms with E-state index in [1.54, 1.807) is 0 Å². The summed E-state index contributed by atoms with van der Waals surface area (Å²) in [5.41, 5.74) is 7.19. The second-order valence-electron chi connectivity index (χ2n) is 20.4. The third-order valence-corrected chi connectivity index (χ3v) is 11.7. The Balaban J connectivity index is 1.61. The molecule has 0 spiro atoms. The Labute approximate surface area is 297 Å². The molecular weight excluding hydrogens is 592 g/mol.